The Labute approximate surface area is 83.5 Å². The second-order valence-electron chi connectivity index (χ2n) is 2.85. The fourth-order valence-electron chi connectivity index (χ4n) is 1.30. The largest absolute Gasteiger partial charge is 0.310 e. The summed E-state index contributed by atoms with van der Waals surface area (Å²) in [7, 11) is 0. The van der Waals surface area contributed by atoms with E-state index in [1.165, 1.54) is 12.0 Å². The molecule has 3 heteroatoms. The van der Waals surface area contributed by atoms with E-state index in [1.54, 1.807) is 0 Å². The minimum absolute atomic E-state index is 0. The fourth-order valence-corrected chi connectivity index (χ4v) is 1.50. The van der Waals surface area contributed by atoms with Gasteiger partial charge in [-0.25, -0.2) is 0 Å². The summed E-state index contributed by atoms with van der Waals surface area (Å²) in [6.45, 7) is 1.14. The molecule has 0 aromatic heterocycles. The zero-order valence-electron chi connectivity index (χ0n) is 6.59. The second-order valence-corrected chi connectivity index (χ2v) is 3.29. The summed E-state index contributed by atoms with van der Waals surface area (Å²) in [6, 6.07) is 8.59. The van der Waals surface area contributed by atoms with Crippen LogP contribution in [0.4, 0.5) is 0 Å². The molecule has 1 aliphatic heterocycles. The first-order valence-electron chi connectivity index (χ1n) is 3.85. The molecule has 1 aromatic rings. The average molecular weight is 204 g/mol. The number of benzene rings is 1. The zero-order chi connectivity index (χ0) is 7.68. The van der Waals surface area contributed by atoms with Crippen LogP contribution in [0.2, 0.25) is 5.02 Å². The van der Waals surface area contributed by atoms with E-state index < -0.39 is 0 Å². The van der Waals surface area contributed by atoms with Gasteiger partial charge in [0.15, 0.2) is 0 Å². The molecule has 1 fully saturated rings. The van der Waals surface area contributed by atoms with Crippen molar-refractivity contribution >= 4 is 24.0 Å². The monoisotopic (exact) mass is 203 g/mol. The van der Waals surface area contributed by atoms with Gasteiger partial charge in [-0.2, -0.15) is 0 Å². The van der Waals surface area contributed by atoms with Gasteiger partial charge < -0.3 is 5.32 Å². The van der Waals surface area contributed by atoms with E-state index in [1.807, 2.05) is 18.2 Å². The van der Waals surface area contributed by atoms with Gasteiger partial charge >= 0.3 is 0 Å². The highest BCUT2D eigenvalue weighted by molar-refractivity contribution is 6.30. The van der Waals surface area contributed by atoms with Crippen molar-refractivity contribution in [3.8, 4) is 0 Å². The van der Waals surface area contributed by atoms with E-state index in [0.29, 0.717) is 6.04 Å². The Morgan fingerprint density at radius 3 is 2.67 bits per heavy atom. The van der Waals surface area contributed by atoms with Gasteiger partial charge in [0.25, 0.3) is 0 Å². The van der Waals surface area contributed by atoms with E-state index in [-0.39, 0.29) is 12.4 Å². The molecule has 1 atom stereocenters. The minimum atomic E-state index is 0. The van der Waals surface area contributed by atoms with Crippen LogP contribution in [-0.2, 0) is 0 Å². The van der Waals surface area contributed by atoms with Gasteiger partial charge in [-0.15, -0.1) is 12.4 Å². The molecule has 0 radical (unpaired) electrons. The molecule has 0 saturated carbocycles. The maximum atomic E-state index is 5.84. The fraction of sp³-hybridized carbons (Fsp3) is 0.333. The normalized spacial score (nSPS) is 20.9. The van der Waals surface area contributed by atoms with Crippen molar-refractivity contribution in [2.75, 3.05) is 6.54 Å². The summed E-state index contributed by atoms with van der Waals surface area (Å²) >= 11 is 5.84. The maximum absolute atomic E-state index is 5.84. The zero-order valence-corrected chi connectivity index (χ0v) is 8.16. The van der Waals surface area contributed by atoms with Gasteiger partial charge in [-0.1, -0.05) is 23.7 Å². The van der Waals surface area contributed by atoms with Crippen LogP contribution in [0.1, 0.15) is 18.0 Å². The summed E-state index contributed by atoms with van der Waals surface area (Å²) in [6.07, 6.45) is 1.24. The molecule has 0 aliphatic carbocycles. The van der Waals surface area contributed by atoms with E-state index in [0.717, 1.165) is 11.6 Å². The molecule has 1 N–H and O–H groups in total. The lowest BCUT2D eigenvalue weighted by Crippen LogP contribution is -2.34. The van der Waals surface area contributed by atoms with Gasteiger partial charge in [0.1, 0.15) is 0 Å². The third-order valence-electron chi connectivity index (χ3n) is 2.07. The Morgan fingerprint density at radius 2 is 2.17 bits per heavy atom. The van der Waals surface area contributed by atoms with Crippen LogP contribution in [0.5, 0.6) is 0 Å². The van der Waals surface area contributed by atoms with E-state index in [9.17, 15) is 0 Å². The van der Waals surface area contributed by atoms with Crippen LogP contribution >= 0.6 is 24.0 Å². The standard InChI is InChI=1S/C9H10ClN.ClH/c10-8-3-1-2-7(6-8)9-4-5-11-9;/h1-3,6,9,11H,4-5H2;1H/t9-;/m1./s1. The Balaban J connectivity index is 0.000000720. The van der Waals surface area contributed by atoms with Crippen LogP contribution in [0.3, 0.4) is 0 Å². The first-order chi connectivity index (χ1) is 5.36. The molecule has 1 nitrogen and oxygen atoms in total. The average Bonchev–Trinajstić information content (AvgIpc) is 1.83. The first-order valence-corrected chi connectivity index (χ1v) is 4.23. The lowest BCUT2D eigenvalue weighted by Gasteiger charge is -2.27. The summed E-state index contributed by atoms with van der Waals surface area (Å²) in [5.41, 5.74) is 1.31. The molecule has 1 aliphatic rings. The van der Waals surface area contributed by atoms with Crippen LogP contribution in [0.15, 0.2) is 24.3 Å². The highest BCUT2D eigenvalue weighted by Gasteiger charge is 2.17. The number of rotatable bonds is 1. The smallest absolute Gasteiger partial charge is 0.0409 e. The molecule has 0 amide bonds. The molecular formula is C9H11Cl2N. The van der Waals surface area contributed by atoms with Crippen molar-refractivity contribution in [1.29, 1.82) is 0 Å². The van der Waals surface area contributed by atoms with Crippen molar-refractivity contribution in [2.24, 2.45) is 0 Å². The van der Waals surface area contributed by atoms with E-state index in [4.69, 9.17) is 11.6 Å². The highest BCUT2D eigenvalue weighted by atomic mass is 35.5. The van der Waals surface area contributed by atoms with Crippen molar-refractivity contribution in [1.82, 2.24) is 5.32 Å². The Bertz CT molecular complexity index is 258. The summed E-state index contributed by atoms with van der Waals surface area (Å²) < 4.78 is 0. The molecule has 1 aromatic carbocycles. The Hall–Kier alpha value is -0.240. The van der Waals surface area contributed by atoms with Crippen LogP contribution < -0.4 is 5.32 Å². The number of nitrogens with one attached hydrogen (secondary N) is 1. The van der Waals surface area contributed by atoms with Gasteiger partial charge in [0.05, 0.1) is 0 Å². The summed E-state index contributed by atoms with van der Waals surface area (Å²) in [5, 5.41) is 4.16. The minimum Gasteiger partial charge on any atom is -0.310 e. The predicted octanol–water partition coefficient (Wildman–Crippen LogP) is 2.80. The molecule has 12 heavy (non-hydrogen) atoms. The molecule has 0 spiro atoms. The number of halogens is 2. The topological polar surface area (TPSA) is 12.0 Å². The summed E-state index contributed by atoms with van der Waals surface area (Å²) in [5.74, 6) is 0. The highest BCUT2D eigenvalue weighted by Crippen LogP contribution is 2.24. The van der Waals surface area contributed by atoms with Crippen LogP contribution in [0.25, 0.3) is 0 Å². The molecule has 66 valence electrons. The molecule has 1 heterocycles. The van der Waals surface area contributed by atoms with E-state index in [2.05, 4.69) is 11.4 Å². The molecular weight excluding hydrogens is 193 g/mol. The van der Waals surface area contributed by atoms with Crippen LogP contribution in [0, 0.1) is 0 Å². The Kier molecular flexibility index (Phi) is 3.39. The summed E-state index contributed by atoms with van der Waals surface area (Å²) in [4.78, 5) is 0. The molecule has 1 saturated heterocycles. The van der Waals surface area contributed by atoms with E-state index >= 15 is 0 Å². The maximum Gasteiger partial charge on any atom is 0.0409 e. The lowest BCUT2D eigenvalue weighted by atomic mass is 9.98. The molecule has 0 unspecified atom stereocenters. The van der Waals surface area contributed by atoms with Gasteiger partial charge in [-0.05, 0) is 30.7 Å². The number of hydrogen-bond donors (Lipinski definition) is 1. The SMILES string of the molecule is Cl.Clc1cccc([C@H]2CCN2)c1. The predicted molar refractivity (Wildman–Crippen MR) is 54.1 cm³/mol. The molecule has 0 bridgehead atoms. The number of hydrogen-bond acceptors (Lipinski definition) is 1. The van der Waals surface area contributed by atoms with Crippen molar-refractivity contribution in [3.63, 3.8) is 0 Å². The quantitative estimate of drug-likeness (QED) is 0.741. The third kappa shape index (κ3) is 1.92. The molecule has 2 rings (SSSR count). The lowest BCUT2D eigenvalue weighted by molar-refractivity contribution is 0.383. The van der Waals surface area contributed by atoms with Gasteiger partial charge in [0.2, 0.25) is 0 Å². The third-order valence-corrected chi connectivity index (χ3v) is 2.31. The second kappa shape index (κ2) is 4.13. The van der Waals surface area contributed by atoms with Crippen molar-refractivity contribution in [3.05, 3.63) is 34.9 Å². The Morgan fingerprint density at radius 1 is 1.42 bits per heavy atom. The van der Waals surface area contributed by atoms with Crippen molar-refractivity contribution < 1.29 is 0 Å². The van der Waals surface area contributed by atoms with Gasteiger partial charge in [-0.3, -0.25) is 0 Å². The first kappa shape index (κ1) is 9.85. The van der Waals surface area contributed by atoms with Crippen molar-refractivity contribution in [2.45, 2.75) is 12.5 Å². The van der Waals surface area contributed by atoms with Crippen LogP contribution in [-0.4, -0.2) is 6.54 Å². The van der Waals surface area contributed by atoms with Gasteiger partial charge in [0, 0.05) is 11.1 Å².